The van der Waals surface area contributed by atoms with Gasteiger partial charge in [-0.25, -0.2) is 4.68 Å². The number of hydrogen-bond donors (Lipinski definition) is 1. The molecule has 0 radical (unpaired) electrons. The molecule has 0 amide bonds. The number of rotatable bonds is 6. The van der Waals surface area contributed by atoms with E-state index in [1.54, 1.807) is 0 Å². The van der Waals surface area contributed by atoms with Crippen molar-refractivity contribution in [2.24, 2.45) is 0 Å². The number of nitrogens with two attached hydrogens (primary N) is 1. The van der Waals surface area contributed by atoms with E-state index in [2.05, 4.69) is 10.2 Å². The van der Waals surface area contributed by atoms with Crippen molar-refractivity contribution >= 4 is 11.8 Å². The zero-order chi connectivity index (χ0) is 16.9. The molecule has 0 unspecified atom stereocenters. The third-order valence-electron chi connectivity index (χ3n) is 3.55. The third kappa shape index (κ3) is 3.89. The van der Waals surface area contributed by atoms with E-state index in [9.17, 15) is 0 Å². The molecule has 124 valence electrons. The Morgan fingerprint density at radius 3 is 2.58 bits per heavy atom. The highest BCUT2D eigenvalue weighted by Gasteiger charge is 2.11. The Kier molecular flexibility index (Phi) is 5.05. The zero-order valence-corrected chi connectivity index (χ0v) is 14.6. The van der Waals surface area contributed by atoms with E-state index in [0.717, 1.165) is 17.1 Å². The molecule has 0 bridgehead atoms. The lowest BCUT2D eigenvalue weighted by atomic mass is 10.1. The van der Waals surface area contributed by atoms with E-state index in [-0.39, 0.29) is 0 Å². The fourth-order valence-electron chi connectivity index (χ4n) is 2.27. The fourth-order valence-corrected chi connectivity index (χ4v) is 2.95. The Bertz CT molecular complexity index is 814. The molecule has 2 N–H and O–H groups in total. The Morgan fingerprint density at radius 2 is 1.83 bits per heavy atom. The maximum absolute atomic E-state index is 6.12. The Labute approximate surface area is 145 Å². The van der Waals surface area contributed by atoms with Crippen molar-refractivity contribution < 1.29 is 4.74 Å². The normalized spacial score (nSPS) is 10.8. The van der Waals surface area contributed by atoms with Crippen molar-refractivity contribution in [3.05, 3.63) is 59.7 Å². The lowest BCUT2D eigenvalue weighted by molar-refractivity contribution is 0.343. The zero-order valence-electron chi connectivity index (χ0n) is 13.8. The number of aryl methyl sites for hydroxylation is 2. The summed E-state index contributed by atoms with van der Waals surface area (Å²) in [5.74, 6) is 8.41. The summed E-state index contributed by atoms with van der Waals surface area (Å²) in [5.41, 5.74) is 3.34. The Balaban J connectivity index is 1.57. The van der Waals surface area contributed by atoms with Crippen molar-refractivity contribution in [3.63, 3.8) is 0 Å². The van der Waals surface area contributed by atoms with Gasteiger partial charge in [-0.15, -0.1) is 10.2 Å². The molecule has 1 heterocycles. The van der Waals surface area contributed by atoms with Gasteiger partial charge in [0.25, 0.3) is 0 Å². The molecule has 1 aromatic heterocycles. The first-order chi connectivity index (χ1) is 11.6. The quantitative estimate of drug-likeness (QED) is 0.423. The van der Waals surface area contributed by atoms with Crippen LogP contribution in [0, 0.1) is 13.8 Å². The molecule has 0 aliphatic heterocycles. The van der Waals surface area contributed by atoms with Crippen molar-refractivity contribution in [1.82, 2.24) is 14.9 Å². The van der Waals surface area contributed by atoms with Gasteiger partial charge in [-0.05, 0) is 31.5 Å². The van der Waals surface area contributed by atoms with Crippen LogP contribution in [0.3, 0.4) is 0 Å². The molecule has 0 atom stereocenters. The van der Waals surface area contributed by atoms with Crippen molar-refractivity contribution in [2.75, 3.05) is 18.2 Å². The largest absolute Gasteiger partial charge is 0.493 e. The van der Waals surface area contributed by atoms with Gasteiger partial charge in [-0.3, -0.25) is 0 Å². The van der Waals surface area contributed by atoms with Crippen molar-refractivity contribution in [3.8, 4) is 17.1 Å². The van der Waals surface area contributed by atoms with Crippen LogP contribution < -0.4 is 10.6 Å². The van der Waals surface area contributed by atoms with Crippen LogP contribution in [0.15, 0.2) is 53.7 Å². The molecule has 2 aromatic carbocycles. The van der Waals surface area contributed by atoms with Gasteiger partial charge in [0, 0.05) is 11.3 Å². The van der Waals surface area contributed by atoms with Gasteiger partial charge in [0.05, 0.1) is 6.61 Å². The molecule has 24 heavy (non-hydrogen) atoms. The molecule has 0 saturated heterocycles. The van der Waals surface area contributed by atoms with E-state index in [1.165, 1.54) is 27.6 Å². The summed E-state index contributed by atoms with van der Waals surface area (Å²) in [4.78, 5) is 0. The first-order valence-electron chi connectivity index (χ1n) is 7.73. The van der Waals surface area contributed by atoms with Gasteiger partial charge in [0.2, 0.25) is 5.16 Å². The van der Waals surface area contributed by atoms with Crippen LogP contribution in [-0.2, 0) is 0 Å². The van der Waals surface area contributed by atoms with Gasteiger partial charge in [-0.2, -0.15) is 0 Å². The van der Waals surface area contributed by atoms with Gasteiger partial charge in [0.1, 0.15) is 5.75 Å². The molecule has 0 saturated carbocycles. The lowest BCUT2D eigenvalue weighted by Gasteiger charge is -2.07. The Morgan fingerprint density at radius 1 is 1.04 bits per heavy atom. The summed E-state index contributed by atoms with van der Waals surface area (Å²) in [6.45, 7) is 4.68. The van der Waals surface area contributed by atoms with Crippen LogP contribution in [0.1, 0.15) is 11.1 Å². The summed E-state index contributed by atoms with van der Waals surface area (Å²) in [5, 5.41) is 9.04. The molecule has 5 nitrogen and oxygen atoms in total. The maximum Gasteiger partial charge on any atom is 0.210 e. The highest BCUT2D eigenvalue weighted by Crippen LogP contribution is 2.22. The van der Waals surface area contributed by atoms with Crippen molar-refractivity contribution in [1.29, 1.82) is 0 Å². The monoisotopic (exact) mass is 340 g/mol. The number of nitrogen functional groups attached to an aromatic ring is 1. The third-order valence-corrected chi connectivity index (χ3v) is 4.45. The average Bonchev–Trinajstić information content (AvgIpc) is 2.93. The van der Waals surface area contributed by atoms with E-state index in [0.29, 0.717) is 17.6 Å². The van der Waals surface area contributed by atoms with Crippen molar-refractivity contribution in [2.45, 2.75) is 19.0 Å². The SMILES string of the molecule is Cc1ccc(-c2nnc(SCCOc3cccc(C)c3)n2N)cc1. The smallest absolute Gasteiger partial charge is 0.210 e. The van der Waals surface area contributed by atoms with Gasteiger partial charge in [0.15, 0.2) is 5.82 Å². The number of hydrogen-bond acceptors (Lipinski definition) is 5. The molecule has 0 fully saturated rings. The average molecular weight is 340 g/mol. The number of nitrogens with zero attached hydrogens (tertiary/aromatic N) is 3. The molecule has 6 heteroatoms. The fraction of sp³-hybridized carbons (Fsp3) is 0.222. The standard InChI is InChI=1S/C18H20N4OS/c1-13-6-8-15(9-7-13)17-20-21-18(22(17)19)24-11-10-23-16-5-3-4-14(2)12-16/h3-9,12H,10-11,19H2,1-2H3. The molecule has 3 rings (SSSR count). The van der Waals surface area contributed by atoms with E-state index in [1.807, 2.05) is 62.4 Å². The molecule has 0 aliphatic carbocycles. The predicted octanol–water partition coefficient (Wildman–Crippen LogP) is 3.45. The molecule has 0 spiro atoms. The number of ether oxygens (including phenoxy) is 1. The van der Waals surface area contributed by atoms with Crippen LogP contribution in [0.4, 0.5) is 0 Å². The lowest BCUT2D eigenvalue weighted by Crippen LogP contribution is -2.12. The summed E-state index contributed by atoms with van der Waals surface area (Å²) < 4.78 is 7.26. The minimum atomic E-state index is 0.584. The van der Waals surface area contributed by atoms with Crippen LogP contribution in [0.25, 0.3) is 11.4 Å². The topological polar surface area (TPSA) is 66.0 Å². The van der Waals surface area contributed by atoms with Crippen LogP contribution in [0.5, 0.6) is 5.75 Å². The summed E-state index contributed by atoms with van der Waals surface area (Å²) >= 11 is 1.53. The number of thioether (sulfide) groups is 1. The molecular weight excluding hydrogens is 320 g/mol. The summed E-state index contributed by atoms with van der Waals surface area (Å²) in [7, 11) is 0. The molecule has 3 aromatic rings. The van der Waals surface area contributed by atoms with E-state index >= 15 is 0 Å². The van der Waals surface area contributed by atoms with Gasteiger partial charge in [-0.1, -0.05) is 53.7 Å². The number of aromatic nitrogens is 3. The van der Waals surface area contributed by atoms with E-state index < -0.39 is 0 Å². The first-order valence-corrected chi connectivity index (χ1v) is 8.72. The minimum Gasteiger partial charge on any atom is -0.493 e. The van der Waals surface area contributed by atoms with E-state index in [4.69, 9.17) is 10.6 Å². The van der Waals surface area contributed by atoms with Gasteiger partial charge < -0.3 is 10.6 Å². The van der Waals surface area contributed by atoms with Crippen LogP contribution in [0.2, 0.25) is 0 Å². The minimum absolute atomic E-state index is 0.584. The predicted molar refractivity (Wildman–Crippen MR) is 97.7 cm³/mol. The second kappa shape index (κ2) is 7.40. The summed E-state index contributed by atoms with van der Waals surface area (Å²) in [6.07, 6.45) is 0. The Hall–Kier alpha value is -2.47. The van der Waals surface area contributed by atoms with Crippen LogP contribution >= 0.6 is 11.8 Å². The second-order valence-corrected chi connectivity index (χ2v) is 6.62. The highest BCUT2D eigenvalue weighted by atomic mass is 32.2. The number of benzene rings is 2. The van der Waals surface area contributed by atoms with Gasteiger partial charge >= 0.3 is 0 Å². The molecular formula is C18H20N4OS. The second-order valence-electron chi connectivity index (χ2n) is 5.56. The first kappa shape index (κ1) is 16.4. The molecule has 0 aliphatic rings. The van der Waals surface area contributed by atoms with Crippen LogP contribution in [-0.4, -0.2) is 27.2 Å². The maximum atomic E-state index is 6.12. The highest BCUT2D eigenvalue weighted by molar-refractivity contribution is 7.99. The summed E-state index contributed by atoms with van der Waals surface area (Å²) in [6, 6.07) is 16.1.